The van der Waals surface area contributed by atoms with Crippen molar-refractivity contribution < 1.29 is 0 Å². The molecule has 0 fully saturated rings. The molecule has 0 aliphatic heterocycles. The van der Waals surface area contributed by atoms with E-state index in [0.29, 0.717) is 0 Å². The third kappa shape index (κ3) is 3.95. The Morgan fingerprint density at radius 2 is 0.935 bits per heavy atom. The Labute approximate surface area is 186 Å². The van der Waals surface area contributed by atoms with Crippen molar-refractivity contribution in [3.8, 4) is 33.4 Å². The van der Waals surface area contributed by atoms with E-state index in [4.69, 9.17) is 0 Å². The summed E-state index contributed by atoms with van der Waals surface area (Å²) in [5.41, 5.74) is 13.4. The van der Waals surface area contributed by atoms with Crippen molar-refractivity contribution in [3.05, 3.63) is 114 Å². The van der Waals surface area contributed by atoms with Crippen LogP contribution in [0.1, 0.15) is 48.9 Å². The predicted molar refractivity (Wildman–Crippen MR) is 133 cm³/mol. The minimum Gasteiger partial charge on any atom is -0.0651 e. The van der Waals surface area contributed by atoms with Gasteiger partial charge in [0.2, 0.25) is 0 Å². The first-order chi connectivity index (χ1) is 15.2. The zero-order valence-corrected chi connectivity index (χ0v) is 18.5. The molecule has 0 amide bonds. The lowest BCUT2D eigenvalue weighted by molar-refractivity contribution is 0.922. The van der Waals surface area contributed by atoms with E-state index >= 15 is 0 Å². The molecule has 0 nitrogen and oxygen atoms in total. The van der Waals surface area contributed by atoms with Gasteiger partial charge in [-0.1, -0.05) is 99.5 Å². The zero-order valence-electron chi connectivity index (χ0n) is 18.5. The topological polar surface area (TPSA) is 0 Å². The Hall–Kier alpha value is -3.12. The van der Waals surface area contributed by atoms with Gasteiger partial charge in [0, 0.05) is 6.42 Å². The van der Waals surface area contributed by atoms with Gasteiger partial charge in [-0.2, -0.15) is 0 Å². The highest BCUT2D eigenvalue weighted by molar-refractivity contribution is 5.86. The van der Waals surface area contributed by atoms with Gasteiger partial charge < -0.3 is 0 Å². The number of fused-ring (bicyclic) bond motifs is 3. The van der Waals surface area contributed by atoms with Crippen molar-refractivity contribution >= 4 is 0 Å². The number of hydrogen-bond acceptors (Lipinski definition) is 0. The maximum Gasteiger partial charge on any atom is 0.0212 e. The summed E-state index contributed by atoms with van der Waals surface area (Å²) in [5.74, 6) is 0. The van der Waals surface area contributed by atoms with Crippen LogP contribution in [-0.2, 0) is 12.8 Å². The Bertz CT molecular complexity index is 1130. The first-order valence-electron chi connectivity index (χ1n) is 11.6. The number of hydrogen-bond donors (Lipinski definition) is 0. The Morgan fingerprint density at radius 3 is 1.39 bits per heavy atom. The average molecular weight is 402 g/mol. The van der Waals surface area contributed by atoms with Gasteiger partial charge in [-0.05, 0) is 80.6 Å². The third-order valence-corrected chi connectivity index (χ3v) is 6.30. The van der Waals surface area contributed by atoms with E-state index in [1.165, 1.54) is 68.5 Å². The molecule has 4 aromatic rings. The van der Waals surface area contributed by atoms with Gasteiger partial charge in [-0.15, -0.1) is 0 Å². The number of aryl methyl sites for hydroxylation is 2. The van der Waals surface area contributed by atoms with E-state index in [0.717, 1.165) is 12.8 Å². The first-order valence-corrected chi connectivity index (χ1v) is 11.6. The van der Waals surface area contributed by atoms with Gasteiger partial charge in [0.1, 0.15) is 0 Å². The van der Waals surface area contributed by atoms with Gasteiger partial charge in [-0.25, -0.2) is 0 Å². The number of benzene rings is 4. The molecule has 0 saturated carbocycles. The quantitative estimate of drug-likeness (QED) is 0.267. The largest absolute Gasteiger partial charge is 0.0651 e. The average Bonchev–Trinajstić information content (AvgIpc) is 3.17. The molecule has 5 rings (SSSR count). The van der Waals surface area contributed by atoms with Crippen molar-refractivity contribution in [2.24, 2.45) is 0 Å². The summed E-state index contributed by atoms with van der Waals surface area (Å²) < 4.78 is 0. The van der Waals surface area contributed by atoms with Crippen LogP contribution < -0.4 is 0 Å². The smallest absolute Gasteiger partial charge is 0.0212 e. The van der Waals surface area contributed by atoms with Crippen LogP contribution in [0.2, 0.25) is 0 Å². The molecule has 0 heteroatoms. The molecule has 0 aromatic heterocycles. The van der Waals surface area contributed by atoms with Crippen LogP contribution >= 0.6 is 0 Å². The van der Waals surface area contributed by atoms with E-state index < -0.39 is 0 Å². The van der Waals surface area contributed by atoms with E-state index in [1.807, 2.05) is 0 Å². The maximum absolute atomic E-state index is 2.35. The monoisotopic (exact) mass is 401 g/mol. The van der Waals surface area contributed by atoms with Crippen LogP contribution in [-0.4, -0.2) is 0 Å². The highest BCUT2D eigenvalue weighted by Crippen LogP contribution is 2.41. The Kier molecular flexibility index (Phi) is 5.47. The van der Waals surface area contributed by atoms with Crippen LogP contribution in [0, 0.1) is 6.42 Å². The van der Waals surface area contributed by atoms with Gasteiger partial charge >= 0.3 is 0 Å². The molecule has 31 heavy (non-hydrogen) atoms. The second-order valence-electron chi connectivity index (χ2n) is 8.65. The fourth-order valence-corrected chi connectivity index (χ4v) is 4.77. The second-order valence-corrected chi connectivity index (χ2v) is 8.65. The van der Waals surface area contributed by atoms with Crippen LogP contribution in [0.25, 0.3) is 33.4 Å². The van der Waals surface area contributed by atoms with Crippen molar-refractivity contribution in [1.82, 2.24) is 0 Å². The fraction of sp³-hybridized carbons (Fsp3) is 0.194. The minimum absolute atomic E-state index is 1.14. The van der Waals surface area contributed by atoms with E-state index in [2.05, 4.69) is 105 Å². The molecule has 0 saturated heterocycles. The van der Waals surface area contributed by atoms with Gasteiger partial charge in [0.15, 0.2) is 0 Å². The van der Waals surface area contributed by atoms with Gasteiger partial charge in [-0.3, -0.25) is 0 Å². The molecule has 0 bridgehead atoms. The number of rotatable bonds is 6. The normalized spacial score (nSPS) is 11.9. The summed E-state index contributed by atoms with van der Waals surface area (Å²) in [7, 11) is 0. The summed E-state index contributed by atoms with van der Waals surface area (Å²) in [6.45, 7) is 4.48. The van der Waals surface area contributed by atoms with Crippen molar-refractivity contribution in [1.29, 1.82) is 0 Å². The highest BCUT2D eigenvalue weighted by atomic mass is 14.2. The van der Waals surface area contributed by atoms with Crippen molar-refractivity contribution in [2.75, 3.05) is 0 Å². The molecule has 0 atom stereocenters. The molecule has 4 aromatic carbocycles. The van der Waals surface area contributed by atoms with Crippen LogP contribution in [0.3, 0.4) is 0 Å². The van der Waals surface area contributed by atoms with E-state index in [9.17, 15) is 0 Å². The molecule has 153 valence electrons. The van der Waals surface area contributed by atoms with Crippen LogP contribution in [0.4, 0.5) is 0 Å². The van der Waals surface area contributed by atoms with Crippen molar-refractivity contribution in [3.63, 3.8) is 0 Å². The lowest BCUT2D eigenvalue weighted by atomic mass is 9.96. The maximum atomic E-state index is 2.35. The summed E-state index contributed by atoms with van der Waals surface area (Å²) in [6, 6.07) is 31.8. The standard InChI is InChI=1S/C31H29/c1-3-7-22-9-5-11-24(17-22)26-13-15-30-28(19-26)21-29-20-27(14-16-31(29)30)25-12-6-10-23(18-25)8-4-2/h5-6,9-21H,3-4,7-8H2,1-2H3. The molecular formula is C31H29. The fourth-order valence-electron chi connectivity index (χ4n) is 4.77. The van der Waals surface area contributed by atoms with Crippen LogP contribution in [0.15, 0.2) is 84.9 Å². The summed E-state index contributed by atoms with van der Waals surface area (Å²) >= 11 is 0. The molecular weight excluding hydrogens is 372 g/mol. The third-order valence-electron chi connectivity index (χ3n) is 6.30. The first kappa shape index (κ1) is 19.8. The lowest BCUT2D eigenvalue weighted by Crippen LogP contribution is -1.86. The molecule has 0 unspecified atom stereocenters. The van der Waals surface area contributed by atoms with Crippen molar-refractivity contribution in [2.45, 2.75) is 39.5 Å². The SMILES string of the molecule is CCCc1cccc(-c2ccc3c(c2)[CH]c2cc(-c4cccc(CCC)c4)ccc2-3)c1. The summed E-state index contributed by atoms with van der Waals surface area (Å²) in [6.07, 6.45) is 6.99. The predicted octanol–water partition coefficient (Wildman–Crippen LogP) is 8.51. The Balaban J connectivity index is 1.46. The summed E-state index contributed by atoms with van der Waals surface area (Å²) in [5, 5.41) is 0. The molecule has 0 N–H and O–H groups in total. The molecule has 1 aliphatic rings. The van der Waals surface area contributed by atoms with Crippen LogP contribution in [0.5, 0.6) is 0 Å². The minimum atomic E-state index is 1.14. The zero-order chi connectivity index (χ0) is 21.2. The second kappa shape index (κ2) is 8.55. The molecule has 1 radical (unpaired) electrons. The van der Waals surface area contributed by atoms with Gasteiger partial charge in [0.25, 0.3) is 0 Å². The van der Waals surface area contributed by atoms with E-state index in [1.54, 1.807) is 0 Å². The molecule has 1 aliphatic carbocycles. The lowest BCUT2D eigenvalue weighted by Gasteiger charge is -2.08. The summed E-state index contributed by atoms with van der Waals surface area (Å²) in [4.78, 5) is 0. The van der Waals surface area contributed by atoms with E-state index in [-0.39, 0.29) is 0 Å². The van der Waals surface area contributed by atoms with Gasteiger partial charge in [0.05, 0.1) is 0 Å². The molecule has 0 heterocycles. The molecule has 0 spiro atoms. The highest BCUT2D eigenvalue weighted by Gasteiger charge is 2.20. The Morgan fingerprint density at radius 1 is 0.484 bits per heavy atom.